The van der Waals surface area contributed by atoms with Gasteiger partial charge in [-0.3, -0.25) is 14.9 Å². The molecule has 6 nitrogen and oxygen atoms in total. The van der Waals surface area contributed by atoms with Crippen LogP contribution in [0.25, 0.3) is 0 Å². The van der Waals surface area contributed by atoms with E-state index < -0.39 is 23.2 Å². The van der Waals surface area contributed by atoms with Gasteiger partial charge in [0.2, 0.25) is 0 Å². The quantitative estimate of drug-likeness (QED) is 0.764. The van der Waals surface area contributed by atoms with Crippen LogP contribution in [-0.2, 0) is 6.18 Å². The Bertz CT molecular complexity index is 847. The fourth-order valence-corrected chi connectivity index (χ4v) is 3.64. The lowest BCUT2D eigenvalue weighted by Crippen LogP contribution is -2.33. The molecular formula is C18H19F3N4O2S. The van der Waals surface area contributed by atoms with Crippen molar-refractivity contribution in [3.05, 3.63) is 46.5 Å². The van der Waals surface area contributed by atoms with Crippen molar-refractivity contribution in [2.45, 2.75) is 19.0 Å². The summed E-state index contributed by atoms with van der Waals surface area (Å²) >= 11 is 0.977. The number of anilines is 1. The van der Waals surface area contributed by atoms with Gasteiger partial charge in [-0.2, -0.15) is 13.2 Å². The second-order valence-electron chi connectivity index (χ2n) is 6.34. The molecule has 28 heavy (non-hydrogen) atoms. The number of hydrogen-bond donors (Lipinski definition) is 2. The van der Waals surface area contributed by atoms with Crippen LogP contribution in [0.2, 0.25) is 0 Å². The molecule has 2 aromatic rings. The smallest absolute Gasteiger partial charge is 0.349 e. The van der Waals surface area contributed by atoms with Gasteiger partial charge in [0.1, 0.15) is 5.69 Å². The molecular weight excluding hydrogens is 393 g/mol. The maximum Gasteiger partial charge on any atom is 0.417 e. The molecule has 3 rings (SSSR count). The fraction of sp³-hybridized carbons (Fsp3) is 0.389. The third kappa shape index (κ3) is 5.08. The Hall–Kier alpha value is -2.46. The zero-order valence-electron chi connectivity index (χ0n) is 14.9. The number of aromatic nitrogens is 1. The number of alkyl halides is 3. The summed E-state index contributed by atoms with van der Waals surface area (Å²) in [6, 6.07) is 4.51. The molecule has 150 valence electrons. The maximum atomic E-state index is 13.0. The summed E-state index contributed by atoms with van der Waals surface area (Å²) in [5.74, 6) is -1.31. The molecule has 2 amide bonds. The van der Waals surface area contributed by atoms with Gasteiger partial charge in [-0.15, -0.1) is 11.3 Å². The molecule has 0 radical (unpaired) electrons. The van der Waals surface area contributed by atoms with Crippen LogP contribution in [-0.4, -0.2) is 47.9 Å². The highest BCUT2D eigenvalue weighted by Gasteiger charge is 2.35. The van der Waals surface area contributed by atoms with Crippen molar-refractivity contribution >= 4 is 28.3 Å². The third-order valence-electron chi connectivity index (χ3n) is 4.35. The van der Waals surface area contributed by atoms with E-state index in [1.54, 1.807) is 0 Å². The molecule has 10 heteroatoms. The summed E-state index contributed by atoms with van der Waals surface area (Å²) in [5.41, 5.74) is -1.41. The average molecular weight is 412 g/mol. The third-order valence-corrected chi connectivity index (χ3v) is 5.10. The molecule has 1 aliphatic rings. The first kappa shape index (κ1) is 20.3. The average Bonchev–Trinajstić information content (AvgIpc) is 3.33. The number of likely N-dealkylation sites (tertiary alicyclic amines) is 1. The zero-order valence-corrected chi connectivity index (χ0v) is 15.7. The first-order valence-electron chi connectivity index (χ1n) is 8.78. The predicted octanol–water partition coefficient (Wildman–Crippen LogP) is 3.24. The van der Waals surface area contributed by atoms with Crippen LogP contribution in [0.1, 0.15) is 39.3 Å². The van der Waals surface area contributed by atoms with Crippen LogP contribution < -0.4 is 10.6 Å². The van der Waals surface area contributed by atoms with Gasteiger partial charge in [-0.1, -0.05) is 12.1 Å². The molecule has 0 spiro atoms. The summed E-state index contributed by atoms with van der Waals surface area (Å²) < 4.78 is 39.1. The van der Waals surface area contributed by atoms with Crippen molar-refractivity contribution in [2.24, 2.45) is 0 Å². The number of benzene rings is 1. The number of carbonyl (C=O) groups excluding carboxylic acids is 2. The van der Waals surface area contributed by atoms with Crippen LogP contribution in [0.4, 0.5) is 18.3 Å². The molecule has 0 atom stereocenters. The Morgan fingerprint density at radius 2 is 1.86 bits per heavy atom. The SMILES string of the molecule is O=C(NCCN1CCCC1)c1csc(NC(=O)c2ccccc2C(F)(F)F)n1. The van der Waals surface area contributed by atoms with E-state index in [-0.39, 0.29) is 16.7 Å². The molecule has 1 fully saturated rings. The molecule has 0 bridgehead atoms. The van der Waals surface area contributed by atoms with Crippen LogP contribution >= 0.6 is 11.3 Å². The number of rotatable bonds is 6. The lowest BCUT2D eigenvalue weighted by molar-refractivity contribution is -0.137. The molecule has 1 saturated heterocycles. The van der Waals surface area contributed by atoms with Crippen molar-refractivity contribution in [3.63, 3.8) is 0 Å². The molecule has 1 aromatic carbocycles. The van der Waals surface area contributed by atoms with E-state index in [4.69, 9.17) is 0 Å². The zero-order chi connectivity index (χ0) is 20.1. The number of halogens is 3. The van der Waals surface area contributed by atoms with E-state index >= 15 is 0 Å². The summed E-state index contributed by atoms with van der Waals surface area (Å²) in [6.45, 7) is 3.30. The van der Waals surface area contributed by atoms with Gasteiger partial charge in [0.25, 0.3) is 11.8 Å². The van der Waals surface area contributed by atoms with E-state index in [0.717, 1.165) is 43.1 Å². The van der Waals surface area contributed by atoms with Crippen LogP contribution in [0.5, 0.6) is 0 Å². The number of nitrogens with one attached hydrogen (secondary N) is 2. The second kappa shape index (κ2) is 8.70. The minimum atomic E-state index is -4.64. The summed E-state index contributed by atoms with van der Waals surface area (Å²) in [7, 11) is 0. The van der Waals surface area contributed by atoms with Crippen molar-refractivity contribution in [1.29, 1.82) is 0 Å². The van der Waals surface area contributed by atoms with E-state index in [9.17, 15) is 22.8 Å². The second-order valence-corrected chi connectivity index (χ2v) is 7.20. The Kier molecular flexibility index (Phi) is 6.30. The minimum Gasteiger partial charge on any atom is -0.349 e. The Morgan fingerprint density at radius 3 is 2.57 bits per heavy atom. The van der Waals surface area contributed by atoms with Gasteiger partial charge in [0.05, 0.1) is 11.1 Å². The van der Waals surface area contributed by atoms with Crippen LogP contribution in [0.3, 0.4) is 0 Å². The number of carbonyl (C=O) groups is 2. The monoisotopic (exact) mass is 412 g/mol. The van der Waals surface area contributed by atoms with Crippen molar-refractivity contribution < 1.29 is 22.8 Å². The highest BCUT2D eigenvalue weighted by molar-refractivity contribution is 7.14. The van der Waals surface area contributed by atoms with Gasteiger partial charge in [0.15, 0.2) is 5.13 Å². The van der Waals surface area contributed by atoms with E-state index in [2.05, 4.69) is 20.5 Å². The van der Waals surface area contributed by atoms with Gasteiger partial charge >= 0.3 is 6.18 Å². The van der Waals surface area contributed by atoms with E-state index in [0.29, 0.717) is 6.54 Å². The van der Waals surface area contributed by atoms with Crippen molar-refractivity contribution in [3.8, 4) is 0 Å². The fourth-order valence-electron chi connectivity index (χ4n) is 2.95. The van der Waals surface area contributed by atoms with E-state index in [1.807, 2.05) is 0 Å². The molecule has 2 heterocycles. The van der Waals surface area contributed by atoms with Gasteiger partial charge in [-0.25, -0.2) is 4.98 Å². The standard InChI is InChI=1S/C18H19F3N4O2S/c19-18(20,21)13-6-2-1-5-12(13)15(26)24-17-23-14(11-28-17)16(27)22-7-10-25-8-3-4-9-25/h1-2,5-6,11H,3-4,7-10H2,(H,22,27)(H,23,24,26). The number of amides is 2. The molecule has 1 aliphatic heterocycles. The summed E-state index contributed by atoms with van der Waals surface area (Å²) in [4.78, 5) is 30.6. The largest absolute Gasteiger partial charge is 0.417 e. The number of hydrogen-bond acceptors (Lipinski definition) is 5. The minimum absolute atomic E-state index is 0.0617. The highest BCUT2D eigenvalue weighted by atomic mass is 32.1. The van der Waals surface area contributed by atoms with Crippen molar-refractivity contribution in [2.75, 3.05) is 31.5 Å². The van der Waals surface area contributed by atoms with Crippen LogP contribution in [0.15, 0.2) is 29.6 Å². The lowest BCUT2D eigenvalue weighted by Gasteiger charge is -2.14. The van der Waals surface area contributed by atoms with Gasteiger partial charge in [0, 0.05) is 18.5 Å². The molecule has 2 N–H and O–H groups in total. The number of nitrogens with zero attached hydrogens (tertiary/aromatic N) is 2. The number of thiazole rings is 1. The molecule has 1 aromatic heterocycles. The first-order chi connectivity index (χ1) is 13.3. The van der Waals surface area contributed by atoms with Gasteiger partial charge in [-0.05, 0) is 38.1 Å². The first-order valence-corrected chi connectivity index (χ1v) is 9.66. The predicted molar refractivity (Wildman–Crippen MR) is 99.5 cm³/mol. The highest BCUT2D eigenvalue weighted by Crippen LogP contribution is 2.32. The Morgan fingerprint density at radius 1 is 1.14 bits per heavy atom. The Balaban J connectivity index is 1.58. The van der Waals surface area contributed by atoms with Crippen molar-refractivity contribution in [1.82, 2.24) is 15.2 Å². The van der Waals surface area contributed by atoms with Crippen LogP contribution in [0, 0.1) is 0 Å². The summed E-state index contributed by atoms with van der Waals surface area (Å²) in [5, 5.41) is 6.60. The van der Waals surface area contributed by atoms with Gasteiger partial charge < -0.3 is 10.2 Å². The summed E-state index contributed by atoms with van der Waals surface area (Å²) in [6.07, 6.45) is -2.31. The molecule has 0 unspecified atom stereocenters. The normalized spacial score (nSPS) is 14.8. The lowest BCUT2D eigenvalue weighted by atomic mass is 10.1. The molecule has 0 aliphatic carbocycles. The molecule has 0 saturated carbocycles. The maximum absolute atomic E-state index is 13.0. The topological polar surface area (TPSA) is 74.3 Å². The van der Waals surface area contributed by atoms with E-state index in [1.165, 1.54) is 30.4 Å². The Labute approximate surface area is 163 Å².